The van der Waals surface area contributed by atoms with Gasteiger partial charge in [-0.1, -0.05) is 36.3 Å². The minimum atomic E-state index is -1.12. The Morgan fingerprint density at radius 3 is 2.67 bits per heavy atom. The number of aliphatic carboxylic acids is 1. The smallest absolute Gasteiger partial charge is 0.323 e. The first-order valence-electron chi connectivity index (χ1n) is 6.16. The number of terminal acetylenes is 1. The lowest BCUT2D eigenvalue weighted by molar-refractivity contribution is -0.137. The Morgan fingerprint density at radius 2 is 2.05 bits per heavy atom. The molecule has 1 aromatic heterocycles. The number of carbonyl (C=O) groups is 2. The summed E-state index contributed by atoms with van der Waals surface area (Å²) < 4.78 is 0. The SMILES string of the molecule is C#CCN(CC(=O)O)C(=O)c1cn[nH]c1-c1ccccc1. The van der Waals surface area contributed by atoms with Crippen LogP contribution >= 0.6 is 0 Å². The fourth-order valence-corrected chi connectivity index (χ4v) is 1.92. The van der Waals surface area contributed by atoms with Crippen LogP contribution in [0.2, 0.25) is 0 Å². The second-order valence-corrected chi connectivity index (χ2v) is 4.28. The number of carboxylic acid groups (broad SMARTS) is 1. The molecule has 21 heavy (non-hydrogen) atoms. The Hall–Kier alpha value is -3.07. The number of amides is 1. The number of rotatable bonds is 5. The fourth-order valence-electron chi connectivity index (χ4n) is 1.92. The third-order valence-corrected chi connectivity index (χ3v) is 2.83. The van der Waals surface area contributed by atoms with Crippen molar-refractivity contribution in [3.8, 4) is 23.6 Å². The van der Waals surface area contributed by atoms with Gasteiger partial charge in [0.1, 0.15) is 6.54 Å². The van der Waals surface area contributed by atoms with Crippen molar-refractivity contribution >= 4 is 11.9 Å². The van der Waals surface area contributed by atoms with Gasteiger partial charge in [0.25, 0.3) is 5.91 Å². The van der Waals surface area contributed by atoms with Gasteiger partial charge in [-0.15, -0.1) is 6.42 Å². The number of H-pyrrole nitrogens is 1. The Balaban J connectivity index is 2.34. The van der Waals surface area contributed by atoms with Crippen LogP contribution in [0, 0.1) is 12.3 Å². The van der Waals surface area contributed by atoms with Crippen molar-refractivity contribution in [1.29, 1.82) is 0 Å². The molecule has 6 nitrogen and oxygen atoms in total. The Bertz CT molecular complexity index is 686. The maximum absolute atomic E-state index is 12.4. The molecule has 1 amide bonds. The largest absolute Gasteiger partial charge is 0.480 e. The highest BCUT2D eigenvalue weighted by molar-refractivity contribution is 6.00. The van der Waals surface area contributed by atoms with Crippen molar-refractivity contribution in [2.24, 2.45) is 0 Å². The fraction of sp³-hybridized carbons (Fsp3) is 0.133. The van der Waals surface area contributed by atoms with Crippen LogP contribution in [0.25, 0.3) is 11.3 Å². The lowest BCUT2D eigenvalue weighted by atomic mass is 10.1. The molecule has 1 aromatic carbocycles. The molecule has 0 fully saturated rings. The van der Waals surface area contributed by atoms with Crippen molar-refractivity contribution < 1.29 is 14.7 Å². The van der Waals surface area contributed by atoms with Crippen molar-refractivity contribution in [3.63, 3.8) is 0 Å². The molecule has 2 aromatic rings. The third-order valence-electron chi connectivity index (χ3n) is 2.83. The lowest BCUT2D eigenvalue weighted by Crippen LogP contribution is -2.36. The van der Waals surface area contributed by atoms with E-state index in [-0.39, 0.29) is 12.1 Å². The first-order valence-corrected chi connectivity index (χ1v) is 6.16. The number of benzene rings is 1. The van der Waals surface area contributed by atoms with E-state index in [9.17, 15) is 9.59 Å². The normalized spacial score (nSPS) is 9.86. The number of carbonyl (C=O) groups excluding carboxylic acids is 1. The predicted octanol–water partition coefficient (Wildman–Crippen LogP) is 1.24. The highest BCUT2D eigenvalue weighted by Gasteiger charge is 2.22. The minimum Gasteiger partial charge on any atom is -0.480 e. The van der Waals surface area contributed by atoms with Gasteiger partial charge in [0.15, 0.2) is 0 Å². The number of hydrogen-bond donors (Lipinski definition) is 2. The molecule has 2 rings (SSSR count). The summed E-state index contributed by atoms with van der Waals surface area (Å²) in [5, 5.41) is 15.5. The molecule has 6 heteroatoms. The summed E-state index contributed by atoms with van der Waals surface area (Å²) in [6, 6.07) is 9.18. The van der Waals surface area contributed by atoms with E-state index in [2.05, 4.69) is 16.1 Å². The summed E-state index contributed by atoms with van der Waals surface area (Å²) in [5.74, 6) is 0.695. The first kappa shape index (κ1) is 14.3. The van der Waals surface area contributed by atoms with Crippen LogP contribution in [-0.2, 0) is 4.79 Å². The molecule has 0 saturated heterocycles. The zero-order chi connectivity index (χ0) is 15.2. The first-order chi connectivity index (χ1) is 10.1. The number of hydrogen-bond acceptors (Lipinski definition) is 3. The van der Waals surface area contributed by atoms with Crippen molar-refractivity contribution in [2.45, 2.75) is 0 Å². The van der Waals surface area contributed by atoms with Gasteiger partial charge in [-0.25, -0.2) is 0 Å². The third kappa shape index (κ3) is 3.28. The second kappa shape index (κ2) is 6.39. The molecule has 0 aliphatic rings. The zero-order valence-electron chi connectivity index (χ0n) is 11.1. The molecule has 0 bridgehead atoms. The highest BCUT2D eigenvalue weighted by Crippen LogP contribution is 2.21. The van der Waals surface area contributed by atoms with E-state index in [1.807, 2.05) is 30.3 Å². The molecule has 0 radical (unpaired) electrons. The van der Waals surface area contributed by atoms with Gasteiger partial charge in [-0.3, -0.25) is 14.7 Å². The van der Waals surface area contributed by atoms with Crippen LogP contribution in [0.5, 0.6) is 0 Å². The summed E-state index contributed by atoms with van der Waals surface area (Å²) in [6.45, 7) is -0.535. The lowest BCUT2D eigenvalue weighted by Gasteiger charge is -2.17. The average molecular weight is 283 g/mol. The standard InChI is InChI=1S/C15H13N3O3/c1-2-8-18(10-13(19)20)15(21)12-9-16-17-14(12)11-6-4-3-5-7-11/h1,3-7,9H,8,10H2,(H,16,17)(H,19,20). The van der Waals surface area contributed by atoms with Crippen molar-refractivity contribution in [1.82, 2.24) is 15.1 Å². The van der Waals surface area contributed by atoms with E-state index in [4.69, 9.17) is 11.5 Å². The van der Waals surface area contributed by atoms with E-state index >= 15 is 0 Å². The van der Waals surface area contributed by atoms with Gasteiger partial charge in [0, 0.05) is 5.56 Å². The average Bonchev–Trinajstić information content (AvgIpc) is 2.96. The van der Waals surface area contributed by atoms with Gasteiger partial charge in [-0.2, -0.15) is 5.10 Å². The van der Waals surface area contributed by atoms with Gasteiger partial charge >= 0.3 is 5.97 Å². The Morgan fingerprint density at radius 1 is 1.33 bits per heavy atom. The van der Waals surface area contributed by atoms with Crippen LogP contribution in [0.3, 0.4) is 0 Å². The van der Waals surface area contributed by atoms with E-state index in [0.29, 0.717) is 5.69 Å². The molecular formula is C15H13N3O3. The maximum Gasteiger partial charge on any atom is 0.323 e. The van der Waals surface area contributed by atoms with Gasteiger partial charge in [0.05, 0.1) is 24.0 Å². The molecule has 2 N–H and O–H groups in total. The van der Waals surface area contributed by atoms with E-state index < -0.39 is 18.4 Å². The summed E-state index contributed by atoms with van der Waals surface area (Å²) >= 11 is 0. The second-order valence-electron chi connectivity index (χ2n) is 4.28. The Labute approximate surface area is 121 Å². The van der Waals surface area contributed by atoms with Crippen LogP contribution in [0.15, 0.2) is 36.5 Å². The summed E-state index contributed by atoms with van der Waals surface area (Å²) in [5.41, 5.74) is 1.61. The van der Waals surface area contributed by atoms with Crippen LogP contribution in [0.4, 0.5) is 0 Å². The Kier molecular flexibility index (Phi) is 4.36. The van der Waals surface area contributed by atoms with Gasteiger partial charge < -0.3 is 10.0 Å². The van der Waals surface area contributed by atoms with Crippen LogP contribution in [-0.4, -0.2) is 45.2 Å². The van der Waals surface area contributed by atoms with Gasteiger partial charge in [-0.05, 0) is 0 Å². The maximum atomic E-state index is 12.4. The number of carboxylic acids is 1. The van der Waals surface area contributed by atoms with Crippen molar-refractivity contribution in [3.05, 3.63) is 42.1 Å². The molecule has 0 spiro atoms. The quantitative estimate of drug-likeness (QED) is 0.808. The number of aromatic amines is 1. The highest BCUT2D eigenvalue weighted by atomic mass is 16.4. The molecule has 0 aliphatic carbocycles. The monoisotopic (exact) mass is 283 g/mol. The van der Waals surface area contributed by atoms with E-state index in [1.165, 1.54) is 6.20 Å². The topological polar surface area (TPSA) is 86.3 Å². The van der Waals surface area contributed by atoms with Crippen molar-refractivity contribution in [2.75, 3.05) is 13.1 Å². The number of nitrogens with zero attached hydrogens (tertiary/aromatic N) is 2. The minimum absolute atomic E-state index is 0.0788. The predicted molar refractivity (Wildman–Crippen MR) is 76.4 cm³/mol. The molecule has 0 atom stereocenters. The van der Waals surface area contributed by atoms with Crippen LogP contribution in [0.1, 0.15) is 10.4 Å². The van der Waals surface area contributed by atoms with E-state index in [0.717, 1.165) is 10.5 Å². The van der Waals surface area contributed by atoms with E-state index in [1.54, 1.807) is 0 Å². The summed E-state index contributed by atoms with van der Waals surface area (Å²) in [7, 11) is 0. The molecule has 1 heterocycles. The van der Waals surface area contributed by atoms with Crippen LogP contribution < -0.4 is 0 Å². The number of aromatic nitrogens is 2. The molecule has 106 valence electrons. The van der Waals surface area contributed by atoms with Gasteiger partial charge in [0.2, 0.25) is 0 Å². The number of nitrogens with one attached hydrogen (secondary N) is 1. The molecule has 0 unspecified atom stereocenters. The zero-order valence-corrected chi connectivity index (χ0v) is 11.1. The molecule has 0 saturated carbocycles. The molecular weight excluding hydrogens is 270 g/mol. The molecule has 0 aliphatic heterocycles. The summed E-state index contributed by atoms with van der Waals surface area (Å²) in [4.78, 5) is 24.3. The summed E-state index contributed by atoms with van der Waals surface area (Å²) in [6.07, 6.45) is 6.56.